The first kappa shape index (κ1) is 33.6. The van der Waals surface area contributed by atoms with Gasteiger partial charge in [-0.25, -0.2) is 4.98 Å². The van der Waals surface area contributed by atoms with Crippen LogP contribution in [0.4, 0.5) is 0 Å². The molecule has 0 spiro atoms. The molecular formula is C40H47N3O5. The predicted molar refractivity (Wildman–Crippen MR) is 186 cm³/mol. The molecule has 1 saturated carbocycles. The lowest BCUT2D eigenvalue weighted by atomic mass is 9.92. The minimum absolute atomic E-state index is 0.0949. The lowest BCUT2D eigenvalue weighted by Crippen LogP contribution is -2.53. The molecule has 3 heterocycles. The van der Waals surface area contributed by atoms with Crippen molar-refractivity contribution in [3.63, 3.8) is 0 Å². The molecule has 3 aliphatic rings. The fourth-order valence-corrected chi connectivity index (χ4v) is 7.52. The number of carbonyl (C=O) groups excluding carboxylic acids is 4. The monoisotopic (exact) mass is 649 g/mol. The van der Waals surface area contributed by atoms with Gasteiger partial charge in [0.25, 0.3) is 0 Å². The van der Waals surface area contributed by atoms with Crippen molar-refractivity contribution in [1.82, 2.24) is 15.2 Å². The number of pyridine rings is 1. The van der Waals surface area contributed by atoms with E-state index in [4.69, 9.17) is 9.72 Å². The molecule has 48 heavy (non-hydrogen) atoms. The molecule has 1 saturated heterocycles. The Kier molecular flexibility index (Phi) is 10.1. The summed E-state index contributed by atoms with van der Waals surface area (Å²) in [6, 6.07) is 17.4. The standard InChI is InChI=1S/C40H47N3O5/c1-4-6-14-29-21-31(45)17-12-7-9-13-27-18-19-34-33(20-27)37(23-35(41-34)28-15-10-8-11-16-28)48-32-22-36(43(25-32)39(29)47)38(46)42-40(26(3)44)24-30(40)5-2/h5,8,10-11,15-16,18-20,23,29-30,32,36H,2,4,6-7,9,12-14,17,21-22,24-25H2,1,3H3,(H,42,46)/t29-,30-,32-,36+,40+/m1/s1. The maximum atomic E-state index is 14.4. The molecule has 2 amide bonds. The van der Waals surface area contributed by atoms with Crippen LogP contribution in [0.25, 0.3) is 22.2 Å². The van der Waals surface area contributed by atoms with Gasteiger partial charge in [0.05, 0.1) is 17.8 Å². The van der Waals surface area contributed by atoms with E-state index in [9.17, 15) is 19.2 Å². The maximum Gasteiger partial charge on any atom is 0.243 e. The van der Waals surface area contributed by atoms with Gasteiger partial charge in [-0.15, -0.1) is 6.58 Å². The highest BCUT2D eigenvalue weighted by Gasteiger charge is 2.58. The van der Waals surface area contributed by atoms with Gasteiger partial charge in [-0.2, -0.15) is 0 Å². The zero-order valence-electron chi connectivity index (χ0n) is 28.2. The van der Waals surface area contributed by atoms with Crippen molar-refractivity contribution in [2.24, 2.45) is 11.8 Å². The van der Waals surface area contributed by atoms with Crippen LogP contribution in [0.3, 0.4) is 0 Å². The number of rotatable bonds is 8. The molecule has 5 atom stereocenters. The van der Waals surface area contributed by atoms with Crippen molar-refractivity contribution in [3.8, 4) is 17.0 Å². The van der Waals surface area contributed by atoms with Gasteiger partial charge in [0.2, 0.25) is 11.8 Å². The van der Waals surface area contributed by atoms with E-state index in [1.165, 1.54) is 12.5 Å². The number of amides is 2. The number of ketones is 2. The zero-order chi connectivity index (χ0) is 33.8. The molecule has 4 bridgehead atoms. The van der Waals surface area contributed by atoms with Gasteiger partial charge in [0.15, 0.2) is 5.78 Å². The number of carbonyl (C=O) groups is 4. The zero-order valence-corrected chi connectivity index (χ0v) is 28.2. The van der Waals surface area contributed by atoms with Crippen LogP contribution in [0, 0.1) is 11.8 Å². The molecule has 8 heteroatoms. The molecule has 252 valence electrons. The summed E-state index contributed by atoms with van der Waals surface area (Å²) in [6.45, 7) is 7.61. The summed E-state index contributed by atoms with van der Waals surface area (Å²) in [5, 5.41) is 3.91. The van der Waals surface area contributed by atoms with Crippen LogP contribution in [-0.2, 0) is 25.6 Å². The quantitative estimate of drug-likeness (QED) is 0.270. The summed E-state index contributed by atoms with van der Waals surface area (Å²) in [5.74, 6) is -0.558. The van der Waals surface area contributed by atoms with Gasteiger partial charge in [0.1, 0.15) is 29.2 Å². The van der Waals surface area contributed by atoms with E-state index in [0.29, 0.717) is 25.0 Å². The van der Waals surface area contributed by atoms with Crippen LogP contribution in [0.2, 0.25) is 0 Å². The maximum absolute atomic E-state index is 14.4. The van der Waals surface area contributed by atoms with Gasteiger partial charge in [-0.3, -0.25) is 19.2 Å². The van der Waals surface area contributed by atoms with E-state index in [1.807, 2.05) is 42.5 Å². The molecule has 1 aromatic heterocycles. The van der Waals surface area contributed by atoms with E-state index in [0.717, 1.165) is 60.7 Å². The summed E-state index contributed by atoms with van der Waals surface area (Å²) in [6.07, 6.45) is 8.47. The first-order valence-electron chi connectivity index (χ1n) is 17.7. The van der Waals surface area contributed by atoms with E-state index in [1.54, 1.807) is 11.0 Å². The third kappa shape index (κ3) is 7.08. The SMILES string of the molecule is C=C[C@@H]1C[C@]1(NC(=O)[C@@H]1C[C@@H]2CN1C(=O)[C@H](CCCC)CC(=O)CCCCCc1ccc3nc(-c4ccccc4)cc(c3c1)O2)C(C)=O. The van der Waals surface area contributed by atoms with Crippen LogP contribution < -0.4 is 10.1 Å². The van der Waals surface area contributed by atoms with Crippen molar-refractivity contribution in [2.75, 3.05) is 6.54 Å². The van der Waals surface area contributed by atoms with E-state index >= 15 is 0 Å². The topological polar surface area (TPSA) is 106 Å². The number of nitrogens with one attached hydrogen (secondary N) is 1. The Morgan fingerprint density at radius 2 is 1.88 bits per heavy atom. The second-order valence-electron chi connectivity index (χ2n) is 13.9. The van der Waals surface area contributed by atoms with Gasteiger partial charge in [-0.05, 0) is 56.7 Å². The first-order chi connectivity index (χ1) is 23.2. The van der Waals surface area contributed by atoms with E-state index in [-0.39, 0.29) is 48.7 Å². The summed E-state index contributed by atoms with van der Waals surface area (Å²) in [5.41, 5.74) is 2.74. The smallest absolute Gasteiger partial charge is 0.243 e. The van der Waals surface area contributed by atoms with E-state index in [2.05, 4.69) is 31.0 Å². The molecule has 2 aliphatic heterocycles. The molecule has 6 rings (SSSR count). The Bertz CT molecular complexity index is 1700. The van der Waals surface area contributed by atoms with Crippen molar-refractivity contribution in [3.05, 3.63) is 72.8 Å². The number of benzene rings is 2. The third-order valence-corrected chi connectivity index (χ3v) is 10.5. The highest BCUT2D eigenvalue weighted by molar-refractivity contribution is 5.98. The second-order valence-corrected chi connectivity index (χ2v) is 13.9. The Morgan fingerprint density at radius 3 is 2.60 bits per heavy atom. The molecule has 0 unspecified atom stereocenters. The van der Waals surface area contributed by atoms with Crippen molar-refractivity contribution in [1.29, 1.82) is 0 Å². The number of ether oxygens (including phenoxy) is 1. The van der Waals surface area contributed by atoms with Crippen molar-refractivity contribution >= 4 is 34.3 Å². The highest BCUT2D eigenvalue weighted by atomic mass is 16.5. The van der Waals surface area contributed by atoms with Crippen LogP contribution >= 0.6 is 0 Å². The molecular weight excluding hydrogens is 602 g/mol. The number of hydrogen-bond donors (Lipinski definition) is 1. The normalized spacial score (nSPS) is 26.2. The predicted octanol–water partition coefficient (Wildman–Crippen LogP) is 6.78. The van der Waals surface area contributed by atoms with Crippen LogP contribution in [0.1, 0.15) is 83.6 Å². The number of aryl methyl sites for hydroxylation is 1. The summed E-state index contributed by atoms with van der Waals surface area (Å²) in [7, 11) is 0. The lowest BCUT2D eigenvalue weighted by molar-refractivity contribution is -0.144. The Hall–Kier alpha value is -4.33. The lowest BCUT2D eigenvalue weighted by Gasteiger charge is -2.29. The highest BCUT2D eigenvalue weighted by Crippen LogP contribution is 2.45. The number of aromatic nitrogens is 1. The molecule has 0 radical (unpaired) electrons. The van der Waals surface area contributed by atoms with Gasteiger partial charge >= 0.3 is 0 Å². The molecule has 1 aliphatic carbocycles. The summed E-state index contributed by atoms with van der Waals surface area (Å²) >= 11 is 0. The average molecular weight is 650 g/mol. The van der Waals surface area contributed by atoms with Gasteiger partial charge in [-0.1, -0.05) is 68.7 Å². The average Bonchev–Trinajstić information content (AvgIpc) is 3.65. The minimum Gasteiger partial charge on any atom is -0.488 e. The van der Waals surface area contributed by atoms with Crippen LogP contribution in [-0.4, -0.2) is 57.5 Å². The molecule has 1 N–H and O–H groups in total. The Labute approximate surface area is 283 Å². The number of unbranched alkanes of at least 4 members (excludes halogenated alkanes) is 1. The third-order valence-electron chi connectivity index (χ3n) is 10.5. The van der Waals surface area contributed by atoms with Gasteiger partial charge in [0, 0.05) is 48.1 Å². The molecule has 3 aromatic rings. The number of hydrogen-bond acceptors (Lipinski definition) is 6. The summed E-state index contributed by atoms with van der Waals surface area (Å²) < 4.78 is 6.80. The molecule has 8 nitrogen and oxygen atoms in total. The summed E-state index contributed by atoms with van der Waals surface area (Å²) in [4.78, 5) is 60.9. The first-order valence-corrected chi connectivity index (χ1v) is 17.7. The Balaban J connectivity index is 1.38. The number of nitrogens with zero attached hydrogens (tertiary/aromatic N) is 2. The largest absolute Gasteiger partial charge is 0.488 e. The van der Waals surface area contributed by atoms with Crippen LogP contribution in [0.5, 0.6) is 5.75 Å². The second kappa shape index (κ2) is 14.4. The molecule has 2 aromatic carbocycles. The van der Waals surface area contributed by atoms with Crippen LogP contribution in [0.15, 0.2) is 67.3 Å². The minimum atomic E-state index is -0.986. The van der Waals surface area contributed by atoms with E-state index < -0.39 is 23.6 Å². The van der Waals surface area contributed by atoms with Gasteiger partial charge < -0.3 is 15.0 Å². The number of Topliss-reactive ketones (excluding diaryl/α,β-unsaturated/α-hetero) is 2. The molecule has 2 fully saturated rings. The Morgan fingerprint density at radius 1 is 1.08 bits per heavy atom. The number of fused-ring (bicyclic) bond motifs is 3. The van der Waals surface area contributed by atoms with Crippen molar-refractivity contribution < 1.29 is 23.9 Å². The van der Waals surface area contributed by atoms with Crippen molar-refractivity contribution in [2.45, 2.75) is 102 Å². The fraction of sp³-hybridized carbons (Fsp3) is 0.475. The fourth-order valence-electron chi connectivity index (χ4n) is 7.52.